The average Bonchev–Trinajstić information content (AvgIpc) is 2.86. The Kier molecular flexibility index (Phi) is 8.30. The van der Waals surface area contributed by atoms with Crippen LogP contribution in [0.15, 0.2) is 47.6 Å². The normalized spacial score (nSPS) is 40.6. The van der Waals surface area contributed by atoms with E-state index in [4.69, 9.17) is 0 Å². The summed E-state index contributed by atoms with van der Waals surface area (Å²) in [5.74, 6) is 0.835. The van der Waals surface area contributed by atoms with Crippen molar-refractivity contribution in [3.63, 3.8) is 0 Å². The second-order valence-corrected chi connectivity index (χ2v) is 9.64. The lowest BCUT2D eigenvalue weighted by Gasteiger charge is -2.34. The Hall–Kier alpha value is -1.16. The van der Waals surface area contributed by atoms with Gasteiger partial charge in [-0.15, -0.1) is 0 Å². The molecule has 158 valence electrons. The molecule has 5 atom stereocenters. The topological polar surface area (TPSA) is 60.7 Å². The third-order valence-electron chi connectivity index (χ3n) is 6.79. The van der Waals surface area contributed by atoms with Crippen LogP contribution in [-0.2, 0) is 0 Å². The molecule has 1 saturated carbocycles. The van der Waals surface area contributed by atoms with Crippen LogP contribution in [0.1, 0.15) is 66.2 Å². The van der Waals surface area contributed by atoms with Crippen LogP contribution in [0.4, 0.5) is 0 Å². The van der Waals surface area contributed by atoms with Crippen LogP contribution in [0.3, 0.4) is 0 Å². The first-order valence-electron chi connectivity index (χ1n) is 10.8. The first kappa shape index (κ1) is 23.1. The van der Waals surface area contributed by atoms with Gasteiger partial charge in [0, 0.05) is 0 Å². The van der Waals surface area contributed by atoms with Crippen molar-refractivity contribution in [3.8, 4) is 0 Å². The van der Waals surface area contributed by atoms with Crippen LogP contribution in [-0.4, -0.2) is 34.1 Å². The Morgan fingerprint density at radius 1 is 1.25 bits per heavy atom. The Balaban J connectivity index is 2.39. The predicted molar refractivity (Wildman–Crippen MR) is 117 cm³/mol. The van der Waals surface area contributed by atoms with Crippen LogP contribution >= 0.6 is 0 Å². The minimum absolute atomic E-state index is 0.0128. The van der Waals surface area contributed by atoms with E-state index in [0.29, 0.717) is 12.3 Å². The molecule has 0 aromatic heterocycles. The second-order valence-electron chi connectivity index (χ2n) is 9.64. The number of fused-ring (bicyclic) bond motifs is 1. The zero-order chi connectivity index (χ0) is 20.9. The zero-order valence-electron chi connectivity index (χ0n) is 18.2. The molecule has 0 amide bonds. The predicted octanol–water partition coefficient (Wildman–Crippen LogP) is 4.95. The molecule has 0 aromatic carbocycles. The van der Waals surface area contributed by atoms with Gasteiger partial charge < -0.3 is 15.3 Å². The van der Waals surface area contributed by atoms with Crippen LogP contribution in [0.25, 0.3) is 0 Å². The van der Waals surface area contributed by atoms with Crippen molar-refractivity contribution in [1.29, 1.82) is 0 Å². The molecule has 0 saturated heterocycles. The molecule has 1 fully saturated rings. The molecule has 28 heavy (non-hydrogen) atoms. The quantitative estimate of drug-likeness (QED) is 0.587. The fourth-order valence-corrected chi connectivity index (χ4v) is 5.16. The number of hydrogen-bond donors (Lipinski definition) is 3. The molecule has 0 radical (unpaired) electrons. The molecule has 0 bridgehead atoms. The Morgan fingerprint density at radius 2 is 1.96 bits per heavy atom. The number of aliphatic hydroxyl groups is 3. The summed E-state index contributed by atoms with van der Waals surface area (Å²) in [4.78, 5) is 0. The summed E-state index contributed by atoms with van der Waals surface area (Å²) in [6.07, 6.45) is 12.5. The van der Waals surface area contributed by atoms with Gasteiger partial charge in [-0.1, -0.05) is 62.8 Å². The Labute approximate surface area is 171 Å². The molecule has 0 aromatic rings. The van der Waals surface area contributed by atoms with Gasteiger partial charge in [-0.2, -0.15) is 0 Å². The van der Waals surface area contributed by atoms with E-state index in [1.807, 2.05) is 13.0 Å². The summed E-state index contributed by atoms with van der Waals surface area (Å²) >= 11 is 0. The Morgan fingerprint density at radius 3 is 2.61 bits per heavy atom. The molecular weight excluding hydrogens is 348 g/mol. The maximum Gasteiger partial charge on any atom is 0.0764 e. The van der Waals surface area contributed by atoms with Gasteiger partial charge in [-0.3, -0.25) is 0 Å². The first-order valence-corrected chi connectivity index (χ1v) is 10.8. The largest absolute Gasteiger partial charge is 0.393 e. The van der Waals surface area contributed by atoms with Gasteiger partial charge in [0.05, 0.1) is 18.8 Å². The van der Waals surface area contributed by atoms with Gasteiger partial charge in [0.25, 0.3) is 0 Å². The second kappa shape index (κ2) is 10.0. The van der Waals surface area contributed by atoms with E-state index in [0.717, 1.165) is 37.7 Å². The van der Waals surface area contributed by atoms with E-state index < -0.39 is 6.10 Å². The highest BCUT2D eigenvalue weighted by Gasteiger charge is 2.49. The Bertz CT molecular complexity index is 628. The van der Waals surface area contributed by atoms with Crippen molar-refractivity contribution in [2.75, 3.05) is 6.61 Å². The SMILES string of the molecule is C=C1CC/C=C(/C)CC(O)/C=C(CO)/C=C\[C@@H]2[C@H](C(C)C)[C@H](O)C[C@@]2(C)CC1. The molecule has 2 aliphatic rings. The lowest BCUT2D eigenvalue weighted by atomic mass is 9.71. The van der Waals surface area contributed by atoms with E-state index in [1.54, 1.807) is 6.08 Å². The summed E-state index contributed by atoms with van der Waals surface area (Å²) in [6, 6.07) is 0. The van der Waals surface area contributed by atoms with Crippen molar-refractivity contribution in [1.82, 2.24) is 0 Å². The third kappa shape index (κ3) is 5.92. The summed E-state index contributed by atoms with van der Waals surface area (Å²) in [5.41, 5.74) is 3.18. The van der Waals surface area contributed by atoms with E-state index in [2.05, 4.69) is 39.5 Å². The highest BCUT2D eigenvalue weighted by Crippen LogP contribution is 2.53. The molecule has 2 rings (SSSR count). The van der Waals surface area contributed by atoms with Crippen molar-refractivity contribution in [2.45, 2.75) is 78.4 Å². The van der Waals surface area contributed by atoms with Crippen molar-refractivity contribution in [3.05, 3.63) is 47.6 Å². The van der Waals surface area contributed by atoms with Gasteiger partial charge in [0.1, 0.15) is 0 Å². The monoisotopic (exact) mass is 388 g/mol. The van der Waals surface area contributed by atoms with Crippen molar-refractivity contribution in [2.24, 2.45) is 23.2 Å². The maximum absolute atomic E-state index is 10.8. The first-order chi connectivity index (χ1) is 13.2. The zero-order valence-corrected chi connectivity index (χ0v) is 18.2. The summed E-state index contributed by atoms with van der Waals surface area (Å²) in [6.45, 7) is 12.9. The summed E-state index contributed by atoms with van der Waals surface area (Å²) < 4.78 is 0. The standard InChI is InChI=1S/C25H40O3/c1-17(2)24-22-10-9-20(16-26)14-21(27)13-19(4)8-6-7-18(3)11-12-25(22,5)15-23(24)28/h8-10,14,17,21-24,26-28H,3,6-7,11-13,15-16H2,1-2,4-5H3/b10-9-,19-8-,20-14-/t21?,22-,23-,24+,25-/m1/s1. The molecule has 3 N–H and O–H groups in total. The van der Waals surface area contributed by atoms with E-state index >= 15 is 0 Å². The highest BCUT2D eigenvalue weighted by molar-refractivity contribution is 5.24. The number of rotatable bonds is 2. The fraction of sp³-hybridized carbons (Fsp3) is 0.680. The molecule has 0 aliphatic heterocycles. The van der Waals surface area contributed by atoms with Crippen LogP contribution in [0, 0.1) is 23.2 Å². The maximum atomic E-state index is 10.8. The molecule has 3 heteroatoms. The molecule has 2 aliphatic carbocycles. The highest BCUT2D eigenvalue weighted by atomic mass is 16.3. The van der Waals surface area contributed by atoms with E-state index in [-0.39, 0.29) is 30.0 Å². The molecule has 0 spiro atoms. The van der Waals surface area contributed by atoms with Crippen molar-refractivity contribution >= 4 is 0 Å². The molecule has 3 nitrogen and oxygen atoms in total. The van der Waals surface area contributed by atoms with Gasteiger partial charge in [0.2, 0.25) is 0 Å². The average molecular weight is 389 g/mol. The minimum atomic E-state index is -0.599. The molecular formula is C25H40O3. The fourth-order valence-electron chi connectivity index (χ4n) is 5.16. The number of aliphatic hydroxyl groups excluding tert-OH is 3. The van der Waals surface area contributed by atoms with Gasteiger partial charge in [-0.25, -0.2) is 0 Å². The van der Waals surface area contributed by atoms with E-state index in [9.17, 15) is 15.3 Å². The minimum Gasteiger partial charge on any atom is -0.393 e. The summed E-state index contributed by atoms with van der Waals surface area (Å²) in [7, 11) is 0. The van der Waals surface area contributed by atoms with Crippen LogP contribution < -0.4 is 0 Å². The van der Waals surface area contributed by atoms with E-state index in [1.165, 1.54) is 11.1 Å². The van der Waals surface area contributed by atoms with Gasteiger partial charge in [0.15, 0.2) is 0 Å². The van der Waals surface area contributed by atoms with Crippen molar-refractivity contribution < 1.29 is 15.3 Å². The lowest BCUT2D eigenvalue weighted by Crippen LogP contribution is -2.28. The van der Waals surface area contributed by atoms with Gasteiger partial charge >= 0.3 is 0 Å². The van der Waals surface area contributed by atoms with Crippen LogP contribution in [0.5, 0.6) is 0 Å². The number of hydrogen-bond acceptors (Lipinski definition) is 3. The molecule has 1 unspecified atom stereocenters. The smallest absolute Gasteiger partial charge is 0.0764 e. The summed E-state index contributed by atoms with van der Waals surface area (Å²) in [5, 5.41) is 31.0. The molecule has 0 heterocycles. The van der Waals surface area contributed by atoms with Crippen LogP contribution in [0.2, 0.25) is 0 Å². The third-order valence-corrected chi connectivity index (χ3v) is 6.79. The number of allylic oxidation sites excluding steroid dienone is 3. The van der Waals surface area contributed by atoms with Gasteiger partial charge in [-0.05, 0) is 74.2 Å². The lowest BCUT2D eigenvalue weighted by molar-refractivity contribution is 0.0967.